The van der Waals surface area contributed by atoms with Crippen molar-refractivity contribution in [1.29, 1.82) is 0 Å². The van der Waals surface area contributed by atoms with Crippen LogP contribution in [-0.2, 0) is 0 Å². The first-order valence-corrected chi connectivity index (χ1v) is 3.89. The van der Waals surface area contributed by atoms with Gasteiger partial charge in [0.2, 0.25) is 0 Å². The maximum Gasteiger partial charge on any atom is 0.364 e. The molecule has 0 aliphatic heterocycles. The van der Waals surface area contributed by atoms with Gasteiger partial charge in [0.1, 0.15) is 0 Å². The van der Waals surface area contributed by atoms with E-state index in [1.165, 1.54) is 13.1 Å². The van der Waals surface area contributed by atoms with E-state index in [-0.39, 0.29) is 17.3 Å². The number of nitro groups is 1. The van der Waals surface area contributed by atoms with Crippen molar-refractivity contribution < 1.29 is 9.72 Å². The average Bonchev–Trinajstić information content (AvgIpc) is 2.15. The summed E-state index contributed by atoms with van der Waals surface area (Å²) in [4.78, 5) is 24.7. The Bertz CT molecular complexity index is 389. The molecule has 0 atom stereocenters. The van der Waals surface area contributed by atoms with Crippen LogP contribution in [0.5, 0.6) is 0 Å². The van der Waals surface area contributed by atoms with E-state index in [1.54, 1.807) is 6.92 Å². The van der Waals surface area contributed by atoms with E-state index in [4.69, 9.17) is 0 Å². The van der Waals surface area contributed by atoms with E-state index in [1.807, 2.05) is 0 Å². The minimum absolute atomic E-state index is 0.242. The van der Waals surface area contributed by atoms with Crippen molar-refractivity contribution in [1.82, 2.24) is 10.3 Å². The molecule has 0 aliphatic rings. The Morgan fingerprint density at radius 1 is 1.57 bits per heavy atom. The lowest BCUT2D eigenvalue weighted by molar-refractivity contribution is -0.389. The molecule has 1 rings (SSSR count). The zero-order chi connectivity index (χ0) is 10.7. The molecule has 1 aromatic heterocycles. The molecular formula is C8H9N3O3. The maximum atomic E-state index is 11.2. The van der Waals surface area contributed by atoms with E-state index >= 15 is 0 Å². The molecule has 0 fully saturated rings. The minimum atomic E-state index is -0.626. The van der Waals surface area contributed by atoms with Gasteiger partial charge >= 0.3 is 5.82 Å². The van der Waals surface area contributed by atoms with Crippen molar-refractivity contribution in [3.63, 3.8) is 0 Å². The molecule has 0 bridgehead atoms. The first-order valence-electron chi connectivity index (χ1n) is 3.89. The second-order valence-electron chi connectivity index (χ2n) is 2.69. The molecule has 0 aromatic carbocycles. The quantitative estimate of drug-likeness (QED) is 0.554. The Hall–Kier alpha value is -1.98. The summed E-state index contributed by atoms with van der Waals surface area (Å²) in [6, 6.07) is 2.64. The van der Waals surface area contributed by atoms with Gasteiger partial charge in [-0.1, -0.05) is 0 Å². The number of hydrogen-bond acceptors (Lipinski definition) is 4. The second-order valence-corrected chi connectivity index (χ2v) is 2.69. The Kier molecular flexibility index (Phi) is 2.76. The van der Waals surface area contributed by atoms with Gasteiger partial charge in [0.25, 0.3) is 5.91 Å². The molecule has 6 nitrogen and oxygen atoms in total. The van der Waals surface area contributed by atoms with E-state index in [0.717, 1.165) is 6.07 Å². The highest BCUT2D eigenvalue weighted by molar-refractivity contribution is 5.94. The van der Waals surface area contributed by atoms with Crippen LogP contribution in [0.4, 0.5) is 5.82 Å². The van der Waals surface area contributed by atoms with E-state index in [0.29, 0.717) is 5.69 Å². The molecule has 1 N–H and O–H groups in total. The van der Waals surface area contributed by atoms with Crippen molar-refractivity contribution in [3.05, 3.63) is 33.5 Å². The summed E-state index contributed by atoms with van der Waals surface area (Å²) in [5.41, 5.74) is 0.685. The van der Waals surface area contributed by atoms with E-state index in [2.05, 4.69) is 10.3 Å². The van der Waals surface area contributed by atoms with Gasteiger partial charge < -0.3 is 15.4 Å². The second kappa shape index (κ2) is 3.82. The summed E-state index contributed by atoms with van der Waals surface area (Å²) in [5, 5.41) is 12.8. The van der Waals surface area contributed by atoms with Gasteiger partial charge in [0, 0.05) is 20.0 Å². The molecule has 0 radical (unpaired) electrons. The average molecular weight is 195 g/mol. The number of rotatable bonds is 2. The van der Waals surface area contributed by atoms with Crippen molar-refractivity contribution in [2.24, 2.45) is 0 Å². The van der Waals surface area contributed by atoms with Gasteiger partial charge in [0.05, 0.1) is 5.56 Å². The van der Waals surface area contributed by atoms with Crippen LogP contribution >= 0.6 is 0 Å². The number of carbonyl (C=O) groups excluding carboxylic acids is 1. The summed E-state index contributed by atoms with van der Waals surface area (Å²) in [5.74, 6) is -0.679. The molecule has 1 heterocycles. The van der Waals surface area contributed by atoms with Crippen LogP contribution in [0, 0.1) is 17.0 Å². The third kappa shape index (κ3) is 2.03. The molecule has 0 aliphatic carbocycles. The smallest absolute Gasteiger partial charge is 0.358 e. The molecule has 0 saturated heterocycles. The Morgan fingerprint density at radius 2 is 2.21 bits per heavy atom. The van der Waals surface area contributed by atoms with Gasteiger partial charge in [0.15, 0.2) is 5.69 Å². The first kappa shape index (κ1) is 10.1. The molecule has 6 heteroatoms. The Labute approximate surface area is 80.1 Å². The zero-order valence-corrected chi connectivity index (χ0v) is 7.77. The minimum Gasteiger partial charge on any atom is -0.358 e. The van der Waals surface area contributed by atoms with Crippen molar-refractivity contribution >= 4 is 11.7 Å². The normalized spacial score (nSPS) is 9.57. The van der Waals surface area contributed by atoms with Gasteiger partial charge in [-0.15, -0.1) is 0 Å². The number of aromatic nitrogens is 1. The molecule has 1 aromatic rings. The Balaban J connectivity index is 3.20. The fourth-order valence-electron chi connectivity index (χ4n) is 1.02. The van der Waals surface area contributed by atoms with E-state index < -0.39 is 4.92 Å². The van der Waals surface area contributed by atoms with Crippen molar-refractivity contribution in [2.75, 3.05) is 7.05 Å². The predicted molar refractivity (Wildman–Crippen MR) is 49.0 cm³/mol. The standard InChI is InChI=1S/C8H9N3O3/c1-5-3-6(8(12)9-2)4-7(10-5)11(13)14/h3-4H,1-2H3,(H,9,12). The van der Waals surface area contributed by atoms with Crippen LogP contribution in [0.1, 0.15) is 16.1 Å². The molecular weight excluding hydrogens is 186 g/mol. The summed E-state index contributed by atoms with van der Waals surface area (Å²) >= 11 is 0. The van der Waals surface area contributed by atoms with Crippen molar-refractivity contribution in [3.8, 4) is 0 Å². The number of amides is 1. The van der Waals surface area contributed by atoms with Crippen LogP contribution in [0.15, 0.2) is 12.1 Å². The summed E-state index contributed by atoms with van der Waals surface area (Å²) in [6.07, 6.45) is 0. The highest BCUT2D eigenvalue weighted by Crippen LogP contribution is 2.11. The molecule has 0 spiro atoms. The van der Waals surface area contributed by atoms with Crippen LogP contribution in [0.25, 0.3) is 0 Å². The van der Waals surface area contributed by atoms with Gasteiger partial charge in [-0.2, -0.15) is 0 Å². The molecule has 74 valence electrons. The molecule has 0 unspecified atom stereocenters. The fourth-order valence-corrected chi connectivity index (χ4v) is 1.02. The van der Waals surface area contributed by atoms with Crippen molar-refractivity contribution in [2.45, 2.75) is 6.92 Å². The van der Waals surface area contributed by atoms with Gasteiger partial charge in [-0.05, 0) is 16.0 Å². The lowest BCUT2D eigenvalue weighted by Crippen LogP contribution is -2.18. The highest BCUT2D eigenvalue weighted by Gasteiger charge is 2.14. The lowest BCUT2D eigenvalue weighted by atomic mass is 10.2. The van der Waals surface area contributed by atoms with Crippen LogP contribution in [-0.4, -0.2) is 22.9 Å². The maximum absolute atomic E-state index is 11.2. The number of pyridine rings is 1. The first-order chi connectivity index (χ1) is 6.54. The summed E-state index contributed by atoms with van der Waals surface area (Å²) < 4.78 is 0. The summed E-state index contributed by atoms with van der Waals surface area (Å²) in [7, 11) is 1.46. The number of aryl methyl sites for hydroxylation is 1. The lowest BCUT2D eigenvalue weighted by Gasteiger charge is -1.99. The van der Waals surface area contributed by atoms with Crippen LogP contribution in [0.3, 0.4) is 0 Å². The highest BCUT2D eigenvalue weighted by atomic mass is 16.6. The van der Waals surface area contributed by atoms with Crippen LogP contribution < -0.4 is 5.32 Å². The number of nitrogens with zero attached hydrogens (tertiary/aromatic N) is 2. The fraction of sp³-hybridized carbons (Fsp3) is 0.250. The van der Waals surface area contributed by atoms with Crippen LogP contribution in [0.2, 0.25) is 0 Å². The topological polar surface area (TPSA) is 85.1 Å². The number of carbonyl (C=O) groups is 1. The number of nitrogens with one attached hydrogen (secondary N) is 1. The third-order valence-electron chi connectivity index (χ3n) is 1.62. The summed E-state index contributed by atoms with van der Waals surface area (Å²) in [6.45, 7) is 1.60. The van der Waals surface area contributed by atoms with E-state index in [9.17, 15) is 14.9 Å². The largest absolute Gasteiger partial charge is 0.364 e. The third-order valence-corrected chi connectivity index (χ3v) is 1.62. The monoisotopic (exact) mass is 195 g/mol. The zero-order valence-electron chi connectivity index (χ0n) is 7.77. The number of hydrogen-bond donors (Lipinski definition) is 1. The van der Waals surface area contributed by atoms with Gasteiger partial charge in [-0.3, -0.25) is 4.79 Å². The predicted octanol–water partition coefficient (Wildman–Crippen LogP) is 0.658. The SMILES string of the molecule is CNC(=O)c1cc(C)nc([N+](=O)[O-])c1. The molecule has 0 saturated carbocycles. The molecule has 1 amide bonds. The Morgan fingerprint density at radius 3 is 2.71 bits per heavy atom. The van der Waals surface area contributed by atoms with Gasteiger partial charge in [-0.25, -0.2) is 0 Å². The molecule has 14 heavy (non-hydrogen) atoms.